The summed E-state index contributed by atoms with van der Waals surface area (Å²) < 4.78 is 4.13. The van der Waals surface area contributed by atoms with Crippen LogP contribution in [0, 0.1) is 6.92 Å². The Morgan fingerprint density at radius 2 is 2.18 bits per heavy atom. The molecule has 3 nitrogen and oxygen atoms in total. The van der Waals surface area contributed by atoms with Gasteiger partial charge < -0.3 is 5.32 Å². The first-order valence-corrected chi connectivity index (χ1v) is 7.08. The maximum atomic E-state index is 12.1. The summed E-state index contributed by atoms with van der Waals surface area (Å²) in [6.45, 7) is 1.90. The van der Waals surface area contributed by atoms with Crippen molar-refractivity contribution in [3.8, 4) is 0 Å². The van der Waals surface area contributed by atoms with Crippen molar-refractivity contribution in [2.75, 3.05) is 11.6 Å². The number of benzene rings is 1. The van der Waals surface area contributed by atoms with E-state index in [1.807, 2.05) is 43.5 Å². The van der Waals surface area contributed by atoms with Gasteiger partial charge in [0, 0.05) is 4.90 Å². The van der Waals surface area contributed by atoms with Crippen LogP contribution < -0.4 is 5.32 Å². The maximum Gasteiger partial charge on any atom is 0.257 e. The van der Waals surface area contributed by atoms with E-state index in [0.29, 0.717) is 5.56 Å². The highest BCUT2D eigenvalue weighted by Gasteiger charge is 2.11. The van der Waals surface area contributed by atoms with E-state index in [-0.39, 0.29) is 5.91 Å². The molecule has 1 aromatic carbocycles. The van der Waals surface area contributed by atoms with Gasteiger partial charge in [-0.1, -0.05) is 12.1 Å². The summed E-state index contributed by atoms with van der Waals surface area (Å²) in [6.07, 6.45) is 1.96. The van der Waals surface area contributed by atoms with E-state index >= 15 is 0 Å². The standard InChI is InChI=1S/C12H12N2OS2/c1-8-7-11(17-14-8)13-12(15)9-5-3-4-6-10(9)16-2/h3-7H,1-2H3,(H,13,15). The number of hydrogen-bond donors (Lipinski definition) is 1. The highest BCUT2D eigenvalue weighted by Crippen LogP contribution is 2.22. The number of nitrogens with one attached hydrogen (secondary N) is 1. The van der Waals surface area contributed by atoms with E-state index in [0.717, 1.165) is 15.6 Å². The third kappa shape index (κ3) is 2.87. The fraction of sp³-hybridized carbons (Fsp3) is 0.167. The van der Waals surface area contributed by atoms with Gasteiger partial charge in [-0.05, 0) is 42.9 Å². The minimum Gasteiger partial charge on any atom is -0.312 e. The molecule has 0 radical (unpaired) electrons. The van der Waals surface area contributed by atoms with Crippen LogP contribution in [0.1, 0.15) is 16.1 Å². The van der Waals surface area contributed by atoms with E-state index in [1.165, 1.54) is 11.5 Å². The van der Waals surface area contributed by atoms with Crippen LogP contribution in [0.15, 0.2) is 35.2 Å². The number of aromatic nitrogens is 1. The van der Waals surface area contributed by atoms with Crippen LogP contribution in [0.25, 0.3) is 0 Å². The van der Waals surface area contributed by atoms with Crippen molar-refractivity contribution in [2.24, 2.45) is 0 Å². The Bertz CT molecular complexity index is 537. The largest absolute Gasteiger partial charge is 0.312 e. The highest BCUT2D eigenvalue weighted by molar-refractivity contribution is 7.98. The van der Waals surface area contributed by atoms with Gasteiger partial charge in [-0.25, -0.2) is 0 Å². The zero-order valence-electron chi connectivity index (χ0n) is 9.56. The van der Waals surface area contributed by atoms with E-state index in [4.69, 9.17) is 0 Å². The molecule has 88 valence electrons. The van der Waals surface area contributed by atoms with Crippen molar-refractivity contribution in [1.82, 2.24) is 4.37 Å². The van der Waals surface area contributed by atoms with Gasteiger partial charge in [0.05, 0.1) is 11.3 Å². The lowest BCUT2D eigenvalue weighted by atomic mass is 10.2. The Hall–Kier alpha value is -1.33. The lowest BCUT2D eigenvalue weighted by Gasteiger charge is -2.06. The zero-order valence-corrected chi connectivity index (χ0v) is 11.2. The smallest absolute Gasteiger partial charge is 0.257 e. The van der Waals surface area contributed by atoms with Crippen LogP contribution in [0.2, 0.25) is 0 Å². The van der Waals surface area contributed by atoms with Crippen molar-refractivity contribution in [1.29, 1.82) is 0 Å². The van der Waals surface area contributed by atoms with Crippen LogP contribution in [-0.4, -0.2) is 16.5 Å². The third-order valence-electron chi connectivity index (χ3n) is 2.22. The summed E-state index contributed by atoms with van der Waals surface area (Å²) in [7, 11) is 0. The van der Waals surface area contributed by atoms with Crippen LogP contribution in [-0.2, 0) is 0 Å². The molecule has 0 unspecified atom stereocenters. The van der Waals surface area contributed by atoms with Gasteiger partial charge in [-0.3, -0.25) is 4.79 Å². The Morgan fingerprint density at radius 3 is 2.82 bits per heavy atom. The lowest BCUT2D eigenvalue weighted by molar-refractivity contribution is 0.102. The number of anilines is 1. The van der Waals surface area contributed by atoms with E-state index < -0.39 is 0 Å². The monoisotopic (exact) mass is 264 g/mol. The fourth-order valence-corrected chi connectivity index (χ4v) is 2.69. The van der Waals surface area contributed by atoms with Gasteiger partial charge in [-0.15, -0.1) is 11.8 Å². The summed E-state index contributed by atoms with van der Waals surface area (Å²) >= 11 is 2.86. The number of rotatable bonds is 3. The lowest BCUT2D eigenvalue weighted by Crippen LogP contribution is -2.11. The van der Waals surface area contributed by atoms with Crippen molar-refractivity contribution >= 4 is 34.2 Å². The summed E-state index contributed by atoms with van der Waals surface area (Å²) in [5, 5.41) is 3.64. The van der Waals surface area contributed by atoms with E-state index in [2.05, 4.69) is 9.69 Å². The van der Waals surface area contributed by atoms with Gasteiger partial charge in [0.1, 0.15) is 5.00 Å². The number of nitrogens with zero attached hydrogens (tertiary/aromatic N) is 1. The summed E-state index contributed by atoms with van der Waals surface area (Å²) in [5.41, 5.74) is 1.62. The van der Waals surface area contributed by atoms with Gasteiger partial charge >= 0.3 is 0 Å². The minimum absolute atomic E-state index is 0.0846. The summed E-state index contributed by atoms with van der Waals surface area (Å²) in [6, 6.07) is 9.43. The molecule has 2 aromatic rings. The van der Waals surface area contributed by atoms with Gasteiger partial charge in [0.15, 0.2) is 0 Å². The number of aryl methyl sites for hydroxylation is 1. The van der Waals surface area contributed by atoms with Gasteiger partial charge in [0.25, 0.3) is 5.91 Å². The first-order chi connectivity index (χ1) is 8.20. The molecule has 0 saturated heterocycles. The molecule has 17 heavy (non-hydrogen) atoms. The second-order valence-corrected chi connectivity index (χ2v) is 5.14. The second kappa shape index (κ2) is 5.33. The SMILES string of the molecule is CSc1ccccc1C(=O)Nc1cc(C)ns1. The molecule has 0 saturated carbocycles. The molecule has 1 N–H and O–H groups in total. The maximum absolute atomic E-state index is 12.1. The summed E-state index contributed by atoms with van der Waals surface area (Å²) in [4.78, 5) is 13.0. The third-order valence-corrected chi connectivity index (χ3v) is 3.81. The van der Waals surface area contributed by atoms with Crippen LogP contribution >= 0.6 is 23.3 Å². The van der Waals surface area contributed by atoms with Crippen LogP contribution in [0.5, 0.6) is 0 Å². The molecule has 0 fully saturated rings. The van der Waals surface area contributed by atoms with E-state index in [1.54, 1.807) is 11.8 Å². The molecular weight excluding hydrogens is 252 g/mol. The molecule has 0 spiro atoms. The van der Waals surface area contributed by atoms with Crippen LogP contribution in [0.3, 0.4) is 0 Å². The first-order valence-electron chi connectivity index (χ1n) is 5.08. The molecular formula is C12H12N2OS2. The predicted molar refractivity (Wildman–Crippen MR) is 73.0 cm³/mol. The van der Waals surface area contributed by atoms with Crippen molar-refractivity contribution in [2.45, 2.75) is 11.8 Å². The molecule has 2 rings (SSSR count). The fourth-order valence-electron chi connectivity index (χ4n) is 1.43. The summed E-state index contributed by atoms with van der Waals surface area (Å²) in [5.74, 6) is -0.0846. The molecule has 0 aliphatic rings. The van der Waals surface area contributed by atoms with Crippen LogP contribution in [0.4, 0.5) is 5.00 Å². The molecule has 1 aromatic heterocycles. The molecule has 0 aliphatic heterocycles. The van der Waals surface area contributed by atoms with Crippen molar-refractivity contribution in [3.05, 3.63) is 41.6 Å². The Labute approximate surface area is 108 Å². The van der Waals surface area contributed by atoms with Gasteiger partial charge in [0.2, 0.25) is 0 Å². The molecule has 1 heterocycles. The average molecular weight is 264 g/mol. The number of amides is 1. The zero-order chi connectivity index (χ0) is 12.3. The number of carbonyl (C=O) groups excluding carboxylic acids is 1. The number of hydrogen-bond acceptors (Lipinski definition) is 4. The number of thioether (sulfide) groups is 1. The van der Waals surface area contributed by atoms with Crippen molar-refractivity contribution < 1.29 is 4.79 Å². The van der Waals surface area contributed by atoms with Gasteiger partial charge in [-0.2, -0.15) is 4.37 Å². The topological polar surface area (TPSA) is 42.0 Å². The highest BCUT2D eigenvalue weighted by atomic mass is 32.2. The molecule has 0 aliphatic carbocycles. The normalized spacial score (nSPS) is 10.2. The quantitative estimate of drug-likeness (QED) is 0.864. The average Bonchev–Trinajstić information content (AvgIpc) is 2.74. The molecule has 0 bridgehead atoms. The first kappa shape index (κ1) is 12.1. The van der Waals surface area contributed by atoms with E-state index in [9.17, 15) is 4.79 Å². The minimum atomic E-state index is -0.0846. The molecule has 1 amide bonds. The Morgan fingerprint density at radius 1 is 1.41 bits per heavy atom. The second-order valence-electron chi connectivity index (χ2n) is 3.49. The molecule has 0 atom stereocenters. The van der Waals surface area contributed by atoms with Crippen molar-refractivity contribution in [3.63, 3.8) is 0 Å². The predicted octanol–water partition coefficient (Wildman–Crippen LogP) is 3.43. The molecule has 5 heteroatoms. The Kier molecular flexibility index (Phi) is 3.81. The Balaban J connectivity index is 2.20. The number of carbonyl (C=O) groups is 1.